The number of unbranched alkanes of at least 4 members (excludes halogenated alkanes) is 2. The summed E-state index contributed by atoms with van der Waals surface area (Å²) >= 11 is 0. The molecule has 0 unspecified atom stereocenters. The molecule has 0 amide bonds. The molecule has 1 N–H and O–H groups in total. The van der Waals surface area contributed by atoms with Crippen molar-refractivity contribution in [2.24, 2.45) is 0 Å². The number of allylic oxidation sites excluding steroid dienone is 4. The van der Waals surface area contributed by atoms with E-state index in [-0.39, 0.29) is 36.6 Å². The molecular weight excluding hydrogens is 244 g/mol. The molecule has 1 nitrogen and oxygen atoms in total. The van der Waals surface area contributed by atoms with Crippen molar-refractivity contribution in [1.82, 2.24) is 0 Å². The Morgan fingerprint density at radius 3 is 2.06 bits per heavy atom. The smallest absolute Gasteiger partial charge is 0.396 e. The second-order valence-electron chi connectivity index (χ2n) is 3.49. The van der Waals surface area contributed by atoms with Crippen molar-refractivity contribution < 1.29 is 26.8 Å². The topological polar surface area (TPSA) is 20.2 Å². The predicted molar refractivity (Wildman–Crippen MR) is 74.9 cm³/mol. The predicted octanol–water partition coefficient (Wildman–Crippen LogP) is 4.54. The van der Waals surface area contributed by atoms with Crippen LogP contribution in [0.5, 0.6) is 0 Å². The molecule has 0 aromatic rings. The summed E-state index contributed by atoms with van der Waals surface area (Å²) in [6, 6.07) is 0. The average molecular weight is 273 g/mol. The maximum Gasteiger partial charge on any atom is 3.00 e. The molecule has 17 heavy (non-hydrogen) atoms. The molecule has 0 saturated carbocycles. The fraction of sp³-hybridized carbons (Fsp3) is 0.600. The van der Waals surface area contributed by atoms with E-state index in [0.717, 1.165) is 19.3 Å². The molecule has 0 atom stereocenters. The van der Waals surface area contributed by atoms with Crippen molar-refractivity contribution in [3.63, 3.8) is 0 Å². The molecule has 0 fully saturated rings. The van der Waals surface area contributed by atoms with Gasteiger partial charge in [0.05, 0.1) is 0 Å². The maximum absolute atomic E-state index is 8.07. The fourth-order valence-electron chi connectivity index (χ4n) is 1.15. The van der Waals surface area contributed by atoms with Crippen LogP contribution >= 0.6 is 0 Å². The van der Waals surface area contributed by atoms with Crippen molar-refractivity contribution in [3.05, 3.63) is 38.7 Å². The van der Waals surface area contributed by atoms with E-state index in [9.17, 15) is 0 Å². The zero-order valence-corrected chi connectivity index (χ0v) is 13.6. The van der Waals surface area contributed by atoms with Crippen molar-refractivity contribution in [3.8, 4) is 0 Å². The molecule has 99 valence electrons. The van der Waals surface area contributed by atoms with Gasteiger partial charge in [-0.2, -0.15) is 6.08 Å². The van der Waals surface area contributed by atoms with E-state index < -0.39 is 0 Å². The van der Waals surface area contributed by atoms with Crippen LogP contribution in [0.2, 0.25) is 0 Å². The third-order valence-corrected chi connectivity index (χ3v) is 2.08. The molecule has 0 aliphatic heterocycles. The summed E-state index contributed by atoms with van der Waals surface area (Å²) in [5, 5.41) is 8.07. The first kappa shape index (κ1) is 25.9. The number of hydrogen-bond donors (Lipinski definition) is 1. The van der Waals surface area contributed by atoms with Gasteiger partial charge in [-0.05, 0) is 6.42 Å². The van der Waals surface area contributed by atoms with E-state index in [4.69, 9.17) is 5.11 Å². The fourth-order valence-corrected chi connectivity index (χ4v) is 1.15. The third-order valence-electron chi connectivity index (χ3n) is 2.08. The van der Waals surface area contributed by atoms with Gasteiger partial charge in [-0.25, -0.2) is 11.6 Å². The minimum absolute atomic E-state index is 0. The Labute approximate surface area is 124 Å². The Morgan fingerprint density at radius 2 is 1.76 bits per heavy atom. The summed E-state index contributed by atoms with van der Waals surface area (Å²) in [7, 11) is 0. The van der Waals surface area contributed by atoms with Crippen molar-refractivity contribution in [1.29, 1.82) is 0 Å². The monoisotopic (exact) mass is 273 g/mol. The molecule has 0 aromatic carbocycles. The van der Waals surface area contributed by atoms with Gasteiger partial charge in [0, 0.05) is 6.61 Å². The van der Waals surface area contributed by atoms with Crippen LogP contribution in [0.25, 0.3) is 0 Å². The molecular formula is C15H29OTi. The van der Waals surface area contributed by atoms with Crippen LogP contribution in [0.1, 0.15) is 52.4 Å². The van der Waals surface area contributed by atoms with Gasteiger partial charge in [-0.1, -0.05) is 39.5 Å². The zero-order valence-electron chi connectivity index (χ0n) is 12.1. The summed E-state index contributed by atoms with van der Waals surface area (Å²) in [5.74, 6) is 0. The van der Waals surface area contributed by atoms with Gasteiger partial charge in [0.2, 0.25) is 0 Å². The first-order valence-electron chi connectivity index (χ1n) is 5.72. The van der Waals surface area contributed by atoms with Crippen molar-refractivity contribution in [2.75, 3.05) is 6.61 Å². The number of rotatable bonds is 5. The molecule has 0 saturated heterocycles. The summed E-state index contributed by atoms with van der Waals surface area (Å²) in [6.07, 6.45) is 14.6. The SMILES string of the molecule is CCCCC1=[C-]CC=C1.CCCCO.[CH3-].[CH3-].[Ti+3]. The van der Waals surface area contributed by atoms with Gasteiger partial charge in [0.15, 0.2) is 0 Å². The first-order valence-corrected chi connectivity index (χ1v) is 5.72. The third kappa shape index (κ3) is 18.7. The molecule has 1 rings (SSSR count). The van der Waals surface area contributed by atoms with E-state index in [1.54, 1.807) is 0 Å². The maximum atomic E-state index is 8.07. The molecule has 0 spiro atoms. The van der Waals surface area contributed by atoms with E-state index in [1.165, 1.54) is 24.8 Å². The van der Waals surface area contributed by atoms with Crippen molar-refractivity contribution in [2.45, 2.75) is 52.4 Å². The van der Waals surface area contributed by atoms with E-state index in [0.29, 0.717) is 6.61 Å². The summed E-state index contributed by atoms with van der Waals surface area (Å²) in [4.78, 5) is 0. The summed E-state index contributed by atoms with van der Waals surface area (Å²) < 4.78 is 0. The molecule has 0 heterocycles. The van der Waals surface area contributed by atoms with Gasteiger partial charge in [-0.15, -0.1) is 6.42 Å². The van der Waals surface area contributed by atoms with E-state index in [2.05, 4.69) is 32.1 Å². The second-order valence-corrected chi connectivity index (χ2v) is 3.49. The van der Waals surface area contributed by atoms with Crippen LogP contribution in [-0.4, -0.2) is 11.7 Å². The number of aliphatic hydroxyl groups is 1. The molecule has 0 aromatic heterocycles. The van der Waals surface area contributed by atoms with E-state index >= 15 is 0 Å². The van der Waals surface area contributed by atoms with Gasteiger partial charge < -0.3 is 20.0 Å². The van der Waals surface area contributed by atoms with Gasteiger partial charge >= 0.3 is 21.7 Å². The quantitative estimate of drug-likeness (QED) is 0.576. The number of aliphatic hydroxyl groups excluding tert-OH is 1. The zero-order chi connectivity index (χ0) is 10.6. The standard InChI is InChI=1S/C9H13.C4H10O.2CH3.Ti/c1-2-3-6-9-7-4-5-8-9;1-2-3-4-5;;;/h4,7H,2-3,5-6H2,1H3;5H,2-4H2,1H3;2*1H3;/q-1;;2*-1;+3. The van der Waals surface area contributed by atoms with Crippen LogP contribution in [0.15, 0.2) is 17.7 Å². The van der Waals surface area contributed by atoms with Crippen LogP contribution < -0.4 is 0 Å². The van der Waals surface area contributed by atoms with Gasteiger partial charge in [-0.3, -0.25) is 6.08 Å². The van der Waals surface area contributed by atoms with E-state index in [1.807, 2.05) is 0 Å². The van der Waals surface area contributed by atoms with Crippen LogP contribution in [0.4, 0.5) is 0 Å². The summed E-state index contributed by atoms with van der Waals surface area (Å²) in [6.45, 7) is 4.62. The Bertz CT molecular complexity index is 172. The molecule has 0 bridgehead atoms. The van der Waals surface area contributed by atoms with Crippen molar-refractivity contribution >= 4 is 0 Å². The van der Waals surface area contributed by atoms with Crippen LogP contribution in [-0.2, 0) is 21.7 Å². The second kappa shape index (κ2) is 21.4. The minimum Gasteiger partial charge on any atom is -0.396 e. The molecule has 1 aliphatic rings. The molecule has 2 heteroatoms. The minimum atomic E-state index is 0. The molecule has 1 radical (unpaired) electrons. The van der Waals surface area contributed by atoms with Crippen LogP contribution in [0, 0.1) is 20.9 Å². The number of hydrogen-bond acceptors (Lipinski definition) is 1. The largest absolute Gasteiger partial charge is 3.00 e. The van der Waals surface area contributed by atoms with Gasteiger partial charge in [0.25, 0.3) is 0 Å². The Kier molecular flexibility index (Phi) is 32.6. The Morgan fingerprint density at radius 1 is 1.18 bits per heavy atom. The first-order chi connectivity index (χ1) is 6.85. The normalized spacial score (nSPS) is 11.1. The Hall–Kier alpha value is 0.154. The molecule has 1 aliphatic carbocycles. The summed E-state index contributed by atoms with van der Waals surface area (Å²) in [5.41, 5.74) is 1.41. The average Bonchev–Trinajstić information content (AvgIpc) is 2.69. The Balaban J connectivity index is -0.0000000948. The van der Waals surface area contributed by atoms with Gasteiger partial charge in [0.1, 0.15) is 0 Å². The van der Waals surface area contributed by atoms with Crippen LogP contribution in [0.3, 0.4) is 0 Å².